The van der Waals surface area contributed by atoms with E-state index in [1.807, 2.05) is 48.5 Å². The molecule has 0 spiro atoms. The average molecular weight is 366 g/mol. The highest BCUT2D eigenvalue weighted by Crippen LogP contribution is 2.49. The highest BCUT2D eigenvalue weighted by Gasteiger charge is 2.56. The predicted octanol–water partition coefficient (Wildman–Crippen LogP) is 3.78. The molecular weight excluding hydrogens is 349 g/mol. The van der Waals surface area contributed by atoms with Crippen molar-refractivity contribution in [3.8, 4) is 0 Å². The van der Waals surface area contributed by atoms with E-state index in [2.05, 4.69) is 4.90 Å². The lowest BCUT2D eigenvalue weighted by molar-refractivity contribution is -0.0630. The zero-order valence-electron chi connectivity index (χ0n) is 12.9. The maximum Gasteiger partial charge on any atom is 0.139 e. The average Bonchev–Trinajstić information content (AvgIpc) is 3.12. The molecule has 0 bridgehead atoms. The van der Waals surface area contributed by atoms with Crippen molar-refractivity contribution in [3.63, 3.8) is 0 Å². The molecule has 0 aliphatic carbocycles. The van der Waals surface area contributed by atoms with Crippen LogP contribution in [-0.4, -0.2) is 35.4 Å². The maximum absolute atomic E-state index is 10.0. The Morgan fingerprint density at radius 1 is 0.958 bits per heavy atom. The SMILES string of the molecule is OCC12CO[C@H](c3cccc(Cl)c3)N1[C@H](c1cccc(Cl)c1)OC2. The fourth-order valence-corrected chi connectivity index (χ4v) is 3.84. The summed E-state index contributed by atoms with van der Waals surface area (Å²) in [6.45, 7) is 0.761. The van der Waals surface area contributed by atoms with Crippen molar-refractivity contribution in [1.82, 2.24) is 4.90 Å². The number of fused-ring (bicyclic) bond motifs is 1. The van der Waals surface area contributed by atoms with E-state index in [4.69, 9.17) is 32.7 Å². The van der Waals surface area contributed by atoms with Crippen molar-refractivity contribution in [2.45, 2.75) is 18.0 Å². The highest BCUT2D eigenvalue weighted by atomic mass is 35.5. The number of hydrogen-bond donors (Lipinski definition) is 1. The van der Waals surface area contributed by atoms with E-state index < -0.39 is 5.54 Å². The van der Waals surface area contributed by atoms with Crippen LogP contribution in [0.4, 0.5) is 0 Å². The van der Waals surface area contributed by atoms with Crippen molar-refractivity contribution < 1.29 is 14.6 Å². The molecule has 2 aliphatic rings. The molecule has 126 valence electrons. The summed E-state index contributed by atoms with van der Waals surface area (Å²) in [5, 5.41) is 11.3. The summed E-state index contributed by atoms with van der Waals surface area (Å²) in [5.74, 6) is 0. The largest absolute Gasteiger partial charge is 0.394 e. The first-order chi connectivity index (χ1) is 11.6. The first-order valence-corrected chi connectivity index (χ1v) is 8.52. The Labute approximate surface area is 150 Å². The summed E-state index contributed by atoms with van der Waals surface area (Å²) in [6.07, 6.45) is -0.662. The van der Waals surface area contributed by atoms with Gasteiger partial charge >= 0.3 is 0 Å². The van der Waals surface area contributed by atoms with Gasteiger partial charge in [-0.15, -0.1) is 0 Å². The highest BCUT2D eigenvalue weighted by molar-refractivity contribution is 6.30. The predicted molar refractivity (Wildman–Crippen MR) is 91.9 cm³/mol. The molecule has 0 amide bonds. The number of aliphatic hydroxyl groups is 1. The molecular formula is C18H17Cl2NO3. The van der Waals surface area contributed by atoms with Crippen molar-refractivity contribution in [1.29, 1.82) is 0 Å². The van der Waals surface area contributed by atoms with Gasteiger partial charge in [-0.3, -0.25) is 0 Å². The second-order valence-electron chi connectivity index (χ2n) is 6.23. The van der Waals surface area contributed by atoms with E-state index in [1.54, 1.807) is 0 Å². The van der Waals surface area contributed by atoms with Crippen LogP contribution in [0.1, 0.15) is 23.6 Å². The zero-order chi connectivity index (χ0) is 16.7. The third-order valence-electron chi connectivity index (χ3n) is 4.63. The van der Waals surface area contributed by atoms with Crippen LogP contribution in [0.15, 0.2) is 48.5 Å². The van der Waals surface area contributed by atoms with E-state index in [1.165, 1.54) is 0 Å². The Kier molecular flexibility index (Phi) is 4.29. The summed E-state index contributed by atoms with van der Waals surface area (Å²) in [4.78, 5) is 2.09. The number of benzene rings is 2. The Bertz CT molecular complexity index is 697. The number of hydrogen-bond acceptors (Lipinski definition) is 4. The van der Waals surface area contributed by atoms with E-state index in [-0.39, 0.29) is 19.1 Å². The molecule has 2 aromatic rings. The quantitative estimate of drug-likeness (QED) is 0.898. The van der Waals surface area contributed by atoms with Crippen LogP contribution in [0.2, 0.25) is 10.0 Å². The molecule has 2 heterocycles. The van der Waals surface area contributed by atoms with Gasteiger partial charge in [-0.2, -0.15) is 0 Å². The number of aliphatic hydroxyl groups excluding tert-OH is 1. The van der Waals surface area contributed by atoms with Crippen LogP contribution in [0.3, 0.4) is 0 Å². The summed E-state index contributed by atoms with van der Waals surface area (Å²) in [6, 6.07) is 15.1. The smallest absolute Gasteiger partial charge is 0.139 e. The molecule has 0 aromatic heterocycles. The lowest BCUT2D eigenvalue weighted by Crippen LogP contribution is -2.47. The van der Waals surface area contributed by atoms with Crippen molar-refractivity contribution >= 4 is 23.2 Å². The van der Waals surface area contributed by atoms with Gasteiger partial charge in [0, 0.05) is 10.0 Å². The second-order valence-corrected chi connectivity index (χ2v) is 7.10. The van der Waals surface area contributed by atoms with Crippen molar-refractivity contribution in [3.05, 3.63) is 69.7 Å². The topological polar surface area (TPSA) is 41.9 Å². The van der Waals surface area contributed by atoms with Crippen molar-refractivity contribution in [2.24, 2.45) is 0 Å². The van der Waals surface area contributed by atoms with E-state index in [0.717, 1.165) is 11.1 Å². The number of halogens is 2. The van der Waals surface area contributed by atoms with Crippen molar-refractivity contribution in [2.75, 3.05) is 19.8 Å². The van der Waals surface area contributed by atoms with Crippen LogP contribution in [0.25, 0.3) is 0 Å². The summed E-state index contributed by atoms with van der Waals surface area (Å²) >= 11 is 12.3. The van der Waals surface area contributed by atoms with Gasteiger partial charge in [0.25, 0.3) is 0 Å². The Hall–Kier alpha value is -1.14. The molecule has 24 heavy (non-hydrogen) atoms. The number of ether oxygens (including phenoxy) is 2. The van der Waals surface area contributed by atoms with E-state index in [0.29, 0.717) is 23.3 Å². The second kappa shape index (κ2) is 6.30. The van der Waals surface area contributed by atoms with Crippen LogP contribution in [-0.2, 0) is 9.47 Å². The van der Waals surface area contributed by atoms with Crippen LogP contribution in [0.5, 0.6) is 0 Å². The van der Waals surface area contributed by atoms with Gasteiger partial charge in [-0.1, -0.05) is 47.5 Å². The van der Waals surface area contributed by atoms with Gasteiger partial charge in [-0.25, -0.2) is 4.90 Å². The lowest BCUT2D eigenvalue weighted by Gasteiger charge is -2.33. The molecule has 0 saturated carbocycles. The van der Waals surface area contributed by atoms with Crippen LogP contribution < -0.4 is 0 Å². The molecule has 1 N–H and O–H groups in total. The molecule has 6 heteroatoms. The number of rotatable bonds is 3. The third-order valence-corrected chi connectivity index (χ3v) is 5.10. The van der Waals surface area contributed by atoms with Gasteiger partial charge in [0.05, 0.1) is 25.4 Å². The molecule has 0 radical (unpaired) electrons. The maximum atomic E-state index is 10.0. The lowest BCUT2D eigenvalue weighted by atomic mass is 10.0. The summed E-state index contributed by atoms with van der Waals surface area (Å²) < 4.78 is 12.1. The van der Waals surface area contributed by atoms with Crippen LogP contribution >= 0.6 is 23.2 Å². The molecule has 2 saturated heterocycles. The standard InChI is InChI=1S/C18H17Cl2NO3/c19-14-5-1-3-12(7-14)16-21-17(13-4-2-6-15(20)8-13)24-11-18(21,9-22)10-23-16/h1-8,16-17,22H,9-11H2/t16-,17+,18?. The minimum absolute atomic E-state index is 0.0405. The Morgan fingerprint density at radius 2 is 1.46 bits per heavy atom. The van der Waals surface area contributed by atoms with Gasteiger partial charge in [0.2, 0.25) is 0 Å². The molecule has 2 fully saturated rings. The van der Waals surface area contributed by atoms with Gasteiger partial charge in [0.1, 0.15) is 12.5 Å². The fourth-order valence-electron chi connectivity index (χ4n) is 3.45. The first-order valence-electron chi connectivity index (χ1n) is 7.76. The Balaban J connectivity index is 1.75. The first kappa shape index (κ1) is 16.3. The van der Waals surface area contributed by atoms with E-state index >= 15 is 0 Å². The number of nitrogens with zero attached hydrogens (tertiary/aromatic N) is 1. The Morgan fingerprint density at radius 3 is 1.88 bits per heavy atom. The minimum Gasteiger partial charge on any atom is -0.394 e. The molecule has 2 aromatic carbocycles. The monoisotopic (exact) mass is 365 g/mol. The minimum atomic E-state index is -0.556. The van der Waals surface area contributed by atoms with Gasteiger partial charge in [0.15, 0.2) is 0 Å². The van der Waals surface area contributed by atoms with Gasteiger partial charge in [-0.05, 0) is 35.4 Å². The van der Waals surface area contributed by atoms with Gasteiger partial charge < -0.3 is 14.6 Å². The van der Waals surface area contributed by atoms with Crippen LogP contribution in [0, 0.1) is 0 Å². The summed E-state index contributed by atoms with van der Waals surface area (Å²) in [7, 11) is 0. The molecule has 4 rings (SSSR count). The molecule has 3 atom stereocenters. The third kappa shape index (κ3) is 2.64. The normalized spacial score (nSPS) is 29.8. The zero-order valence-corrected chi connectivity index (χ0v) is 14.4. The summed E-state index contributed by atoms with van der Waals surface area (Å²) in [5.41, 5.74) is 1.32. The fraction of sp³-hybridized carbons (Fsp3) is 0.333. The molecule has 4 nitrogen and oxygen atoms in total. The van der Waals surface area contributed by atoms with E-state index in [9.17, 15) is 5.11 Å². The molecule has 1 unspecified atom stereocenters. The molecule has 2 aliphatic heterocycles.